The number of likely N-dealkylation sites (tertiary alicyclic amines) is 1. The van der Waals surface area contributed by atoms with Crippen LogP contribution < -0.4 is 5.73 Å². The number of halogens is 1. The van der Waals surface area contributed by atoms with Gasteiger partial charge in [0.25, 0.3) is 0 Å². The van der Waals surface area contributed by atoms with E-state index in [0.29, 0.717) is 12.5 Å². The summed E-state index contributed by atoms with van der Waals surface area (Å²) in [4.78, 5) is 24.4. The predicted molar refractivity (Wildman–Crippen MR) is 84.0 cm³/mol. The van der Waals surface area contributed by atoms with E-state index in [-0.39, 0.29) is 24.9 Å². The molecule has 1 heterocycles. The number of carbonyl (C=O) groups is 2. The molecule has 1 fully saturated rings. The summed E-state index contributed by atoms with van der Waals surface area (Å²) >= 11 is 0. The van der Waals surface area contributed by atoms with E-state index in [1.165, 1.54) is 12.1 Å². The van der Waals surface area contributed by atoms with E-state index in [2.05, 4.69) is 0 Å². The molecule has 0 radical (unpaired) electrons. The number of nitrogens with zero attached hydrogens (tertiary/aromatic N) is 1. The first-order valence-corrected chi connectivity index (χ1v) is 7.93. The second kappa shape index (κ2) is 8.62. The van der Waals surface area contributed by atoms with Gasteiger partial charge in [-0.15, -0.1) is 0 Å². The molecule has 1 saturated heterocycles. The molecule has 23 heavy (non-hydrogen) atoms. The number of carbonyl (C=O) groups excluding carboxylic acids is 2. The first kappa shape index (κ1) is 17.4. The van der Waals surface area contributed by atoms with Gasteiger partial charge in [0.15, 0.2) is 0 Å². The molecule has 0 aromatic heterocycles. The summed E-state index contributed by atoms with van der Waals surface area (Å²) < 4.78 is 17.9. The summed E-state index contributed by atoms with van der Waals surface area (Å²) in [5.74, 6) is -0.459. The Labute approximate surface area is 135 Å². The molecule has 5 nitrogen and oxygen atoms in total. The molecule has 1 atom stereocenters. The Balaban J connectivity index is 1.75. The zero-order valence-corrected chi connectivity index (χ0v) is 13.2. The van der Waals surface area contributed by atoms with E-state index in [9.17, 15) is 14.0 Å². The largest absolute Gasteiger partial charge is 0.368 e. The SMILES string of the molecule is NC(=O)COCC(=O)N1CCCC(CCc2ccc(F)cc2)C1. The fraction of sp³-hybridized carbons (Fsp3) is 0.529. The number of piperidine rings is 1. The van der Waals surface area contributed by atoms with Crippen molar-refractivity contribution in [2.24, 2.45) is 11.7 Å². The average Bonchev–Trinajstić information content (AvgIpc) is 2.54. The van der Waals surface area contributed by atoms with Crippen LogP contribution in [0.4, 0.5) is 4.39 Å². The zero-order valence-electron chi connectivity index (χ0n) is 13.2. The van der Waals surface area contributed by atoms with Crippen molar-refractivity contribution in [2.75, 3.05) is 26.3 Å². The van der Waals surface area contributed by atoms with Crippen LogP contribution >= 0.6 is 0 Å². The predicted octanol–water partition coefficient (Wildman–Crippen LogP) is 1.50. The minimum atomic E-state index is -0.575. The van der Waals surface area contributed by atoms with Gasteiger partial charge in [-0.05, 0) is 49.3 Å². The molecule has 6 heteroatoms. The first-order valence-electron chi connectivity index (χ1n) is 7.93. The highest BCUT2D eigenvalue weighted by Crippen LogP contribution is 2.21. The highest BCUT2D eigenvalue weighted by molar-refractivity contribution is 5.79. The summed E-state index contributed by atoms with van der Waals surface area (Å²) in [5, 5.41) is 0. The molecule has 0 bridgehead atoms. The number of aryl methyl sites for hydroxylation is 1. The lowest BCUT2D eigenvalue weighted by atomic mass is 9.91. The molecule has 1 aliphatic heterocycles. The monoisotopic (exact) mass is 322 g/mol. The summed E-state index contributed by atoms with van der Waals surface area (Å²) in [5.41, 5.74) is 6.08. The van der Waals surface area contributed by atoms with Gasteiger partial charge in [0.1, 0.15) is 19.0 Å². The number of benzene rings is 1. The lowest BCUT2D eigenvalue weighted by Gasteiger charge is -2.32. The highest BCUT2D eigenvalue weighted by Gasteiger charge is 2.23. The van der Waals surface area contributed by atoms with Gasteiger partial charge in [-0.3, -0.25) is 9.59 Å². The van der Waals surface area contributed by atoms with E-state index >= 15 is 0 Å². The Kier molecular flexibility index (Phi) is 6.52. The maximum atomic E-state index is 12.9. The van der Waals surface area contributed by atoms with Crippen LogP contribution in [-0.4, -0.2) is 43.0 Å². The van der Waals surface area contributed by atoms with E-state index in [1.54, 1.807) is 17.0 Å². The first-order chi connectivity index (χ1) is 11.0. The van der Waals surface area contributed by atoms with Crippen LogP contribution in [0.1, 0.15) is 24.8 Å². The third-order valence-corrected chi connectivity index (χ3v) is 4.10. The molecule has 0 saturated carbocycles. The summed E-state index contributed by atoms with van der Waals surface area (Å²) in [7, 11) is 0. The Morgan fingerprint density at radius 1 is 1.26 bits per heavy atom. The van der Waals surface area contributed by atoms with Crippen LogP contribution in [0, 0.1) is 11.7 Å². The molecule has 0 spiro atoms. The molecule has 1 aliphatic rings. The fourth-order valence-corrected chi connectivity index (χ4v) is 2.88. The van der Waals surface area contributed by atoms with Gasteiger partial charge in [-0.2, -0.15) is 0 Å². The molecular formula is C17H23FN2O3. The molecule has 2 amide bonds. The van der Waals surface area contributed by atoms with E-state index in [4.69, 9.17) is 10.5 Å². The minimum absolute atomic E-state index is 0.0993. The van der Waals surface area contributed by atoms with Crippen molar-refractivity contribution in [3.05, 3.63) is 35.6 Å². The van der Waals surface area contributed by atoms with Gasteiger partial charge in [0.05, 0.1) is 0 Å². The van der Waals surface area contributed by atoms with Gasteiger partial charge < -0.3 is 15.4 Å². The quantitative estimate of drug-likeness (QED) is 0.827. The number of nitrogens with two attached hydrogens (primary N) is 1. The Morgan fingerprint density at radius 2 is 2.00 bits per heavy atom. The minimum Gasteiger partial charge on any atom is -0.368 e. The number of rotatable bonds is 7. The van der Waals surface area contributed by atoms with Crippen LogP contribution in [-0.2, 0) is 20.7 Å². The lowest BCUT2D eigenvalue weighted by molar-refractivity contribution is -0.139. The van der Waals surface area contributed by atoms with Gasteiger partial charge >= 0.3 is 0 Å². The van der Waals surface area contributed by atoms with Gasteiger partial charge in [-0.1, -0.05) is 12.1 Å². The van der Waals surface area contributed by atoms with Gasteiger partial charge in [0.2, 0.25) is 11.8 Å². The van der Waals surface area contributed by atoms with Crippen molar-refractivity contribution in [1.29, 1.82) is 0 Å². The van der Waals surface area contributed by atoms with Crippen LogP contribution in [0.3, 0.4) is 0 Å². The lowest BCUT2D eigenvalue weighted by Crippen LogP contribution is -2.42. The standard InChI is InChI=1S/C17H23FN2O3/c18-15-7-5-13(6-8-15)3-4-14-2-1-9-20(10-14)17(22)12-23-11-16(19)21/h5-8,14H,1-4,9-12H2,(H2,19,21). The van der Waals surface area contributed by atoms with E-state index in [1.807, 2.05) is 0 Å². The Morgan fingerprint density at radius 3 is 2.70 bits per heavy atom. The molecule has 1 unspecified atom stereocenters. The Bertz CT molecular complexity index is 533. The van der Waals surface area contributed by atoms with E-state index < -0.39 is 5.91 Å². The fourth-order valence-electron chi connectivity index (χ4n) is 2.88. The third kappa shape index (κ3) is 5.98. The van der Waals surface area contributed by atoms with E-state index in [0.717, 1.165) is 37.8 Å². The van der Waals surface area contributed by atoms with Crippen LogP contribution in [0.15, 0.2) is 24.3 Å². The van der Waals surface area contributed by atoms with Crippen LogP contribution in [0.5, 0.6) is 0 Å². The molecular weight excluding hydrogens is 299 g/mol. The number of ether oxygens (including phenoxy) is 1. The van der Waals surface area contributed by atoms with Crippen molar-refractivity contribution >= 4 is 11.8 Å². The smallest absolute Gasteiger partial charge is 0.248 e. The summed E-state index contributed by atoms with van der Waals surface area (Å²) in [6, 6.07) is 6.56. The van der Waals surface area contributed by atoms with Crippen molar-refractivity contribution in [3.8, 4) is 0 Å². The molecule has 1 aromatic carbocycles. The van der Waals surface area contributed by atoms with Crippen LogP contribution in [0.25, 0.3) is 0 Å². The van der Waals surface area contributed by atoms with Crippen molar-refractivity contribution in [1.82, 2.24) is 4.90 Å². The average molecular weight is 322 g/mol. The molecule has 0 aliphatic carbocycles. The number of hydrogen-bond donors (Lipinski definition) is 1. The second-order valence-electron chi connectivity index (χ2n) is 5.97. The molecule has 2 N–H and O–H groups in total. The number of primary amides is 1. The molecule has 1 aromatic rings. The normalized spacial score (nSPS) is 18.0. The van der Waals surface area contributed by atoms with Gasteiger partial charge in [-0.25, -0.2) is 4.39 Å². The zero-order chi connectivity index (χ0) is 16.7. The number of hydrogen-bond acceptors (Lipinski definition) is 3. The maximum absolute atomic E-state index is 12.9. The Hall–Kier alpha value is -1.95. The summed E-state index contributed by atoms with van der Waals surface area (Å²) in [6.07, 6.45) is 3.91. The highest BCUT2D eigenvalue weighted by atomic mass is 19.1. The third-order valence-electron chi connectivity index (χ3n) is 4.10. The molecule has 2 rings (SSSR count). The van der Waals surface area contributed by atoms with Crippen LogP contribution in [0.2, 0.25) is 0 Å². The molecule has 126 valence electrons. The topological polar surface area (TPSA) is 72.6 Å². The maximum Gasteiger partial charge on any atom is 0.248 e. The van der Waals surface area contributed by atoms with Gasteiger partial charge in [0, 0.05) is 13.1 Å². The second-order valence-corrected chi connectivity index (χ2v) is 5.97. The summed E-state index contributed by atoms with van der Waals surface area (Å²) in [6.45, 7) is 1.10. The van der Waals surface area contributed by atoms with Crippen molar-refractivity contribution < 1.29 is 18.7 Å². The van der Waals surface area contributed by atoms with Crippen molar-refractivity contribution in [3.63, 3.8) is 0 Å². The number of amides is 2. The van der Waals surface area contributed by atoms with Crippen molar-refractivity contribution in [2.45, 2.75) is 25.7 Å².